The lowest BCUT2D eigenvalue weighted by Gasteiger charge is -2.31. The number of hydrogen-bond donors (Lipinski definition) is 2. The highest BCUT2D eigenvalue weighted by atomic mass is 14.9. The minimum Gasteiger partial charge on any atom is -0.355 e. The van der Waals surface area contributed by atoms with E-state index in [1.165, 1.54) is 274 Å². The standard InChI is InChI=1S/C96H80N2/c1-43-19-49(7)79(50(8)20-43)61-31-67-68-32-62(80-51(9)21-44(2)22-52(80)10)34-70-72-36-64(82-55(13)25-46(4)26-56(82)14)38-74-76-40-66(98-96-59(17)29-48(6)30-60(96)18)42-78-77-41-65(97-95-57(15)27-47(5)28-58(95)16)39-75-73-37-63(81-53(11)23-45(3)24-54(81)12)35-71-69(33-61)83(67)89-90(84(68)70)92(86(72)74)94(88(76)78)93(87(75)77)91(89)85(71)73/h19-42,97-98H,1-18H3. The van der Waals surface area contributed by atoms with Gasteiger partial charge in [0.25, 0.3) is 0 Å². The highest BCUT2D eigenvalue weighted by Crippen LogP contribution is 2.63. The molecule has 19 rings (SSSR count). The zero-order valence-electron chi connectivity index (χ0n) is 59.9. The average molecular weight is 1260 g/mol. The van der Waals surface area contributed by atoms with Crippen LogP contribution in [0.5, 0.6) is 0 Å². The molecule has 0 saturated heterocycles. The summed E-state index contributed by atoms with van der Waals surface area (Å²) in [4.78, 5) is 0. The molecular formula is C96H80N2. The summed E-state index contributed by atoms with van der Waals surface area (Å²) in [5, 5.41) is 40.4. The van der Waals surface area contributed by atoms with Crippen LogP contribution in [0.25, 0.3) is 174 Å². The number of anilines is 4. The quantitative estimate of drug-likeness (QED) is 0.117. The largest absolute Gasteiger partial charge is 0.355 e. The number of rotatable bonds is 8. The van der Waals surface area contributed by atoms with Crippen LogP contribution < -0.4 is 10.6 Å². The third-order valence-electron chi connectivity index (χ3n) is 23.3. The van der Waals surface area contributed by atoms with Crippen LogP contribution in [0.2, 0.25) is 0 Å². The third-order valence-corrected chi connectivity index (χ3v) is 23.3. The summed E-state index contributed by atoms with van der Waals surface area (Å²) in [6.07, 6.45) is 0. The Hall–Kier alpha value is -10.5. The molecule has 0 bridgehead atoms. The van der Waals surface area contributed by atoms with Gasteiger partial charge in [0.15, 0.2) is 0 Å². The van der Waals surface area contributed by atoms with Gasteiger partial charge in [-0.3, -0.25) is 0 Å². The lowest BCUT2D eigenvalue weighted by Crippen LogP contribution is -2.03. The van der Waals surface area contributed by atoms with E-state index in [-0.39, 0.29) is 0 Å². The molecule has 0 radical (unpaired) electrons. The molecule has 0 heterocycles. The lowest BCUT2D eigenvalue weighted by molar-refractivity contribution is 1.31. The molecule has 2 N–H and O–H groups in total. The van der Waals surface area contributed by atoms with Crippen LogP contribution in [0, 0.1) is 125 Å². The van der Waals surface area contributed by atoms with Gasteiger partial charge >= 0.3 is 0 Å². The van der Waals surface area contributed by atoms with Gasteiger partial charge in [0.2, 0.25) is 0 Å². The first-order valence-electron chi connectivity index (χ1n) is 35.4. The van der Waals surface area contributed by atoms with E-state index in [9.17, 15) is 0 Å². The van der Waals surface area contributed by atoms with E-state index in [0.717, 1.165) is 22.7 Å². The second-order valence-corrected chi connectivity index (χ2v) is 30.8. The van der Waals surface area contributed by atoms with Crippen LogP contribution in [-0.4, -0.2) is 0 Å². The smallest absolute Gasteiger partial charge is 0.0443 e. The van der Waals surface area contributed by atoms with Crippen molar-refractivity contribution in [1.82, 2.24) is 0 Å². The van der Waals surface area contributed by atoms with E-state index in [1.54, 1.807) is 0 Å². The van der Waals surface area contributed by atoms with Crippen LogP contribution in [0.1, 0.15) is 100 Å². The fraction of sp³-hybridized carbons (Fsp3) is 0.188. The second kappa shape index (κ2) is 20.1. The molecule has 0 aliphatic heterocycles. The summed E-state index contributed by atoms with van der Waals surface area (Å²) in [7, 11) is 0. The molecule has 2 heteroatoms. The average Bonchev–Trinajstić information content (AvgIpc) is 0.641. The van der Waals surface area contributed by atoms with Crippen LogP contribution in [0.3, 0.4) is 0 Å². The third kappa shape index (κ3) is 7.92. The summed E-state index contributed by atoms with van der Waals surface area (Å²) < 4.78 is 0. The first-order valence-corrected chi connectivity index (χ1v) is 35.4. The highest BCUT2D eigenvalue weighted by molar-refractivity contribution is 6.61. The van der Waals surface area contributed by atoms with Crippen molar-refractivity contribution in [2.24, 2.45) is 0 Å². The minimum absolute atomic E-state index is 1.09. The Morgan fingerprint density at radius 3 is 0.459 bits per heavy atom. The molecule has 19 aromatic carbocycles. The SMILES string of the molecule is Cc1cc(C)c(Nc2cc3c4cc(Nc5c(C)cc(C)cc5C)cc5c6cc(-c7c(C)cc(C)cc7C)cc7c8cc(-c9c(C)cc(C)cc9C)cc9c%10cc(-c%11c(C)cc(C)cc%11C)cc%11c%12cc(-c%13c(C)cc(C)cc%13C)cc%13c(c2)c3c2c(c45)c(c67)c(c89)c(c%11%10)c2c%13%12)c(C)c1. The van der Waals surface area contributed by atoms with Crippen LogP contribution in [0.4, 0.5) is 22.7 Å². The maximum absolute atomic E-state index is 4.19. The first kappa shape index (κ1) is 58.8. The molecule has 0 spiro atoms. The van der Waals surface area contributed by atoms with E-state index in [2.05, 4.69) is 281 Å². The number of aryl methyl sites for hydroxylation is 18. The Kier molecular flexibility index (Phi) is 12.0. The Labute approximate surface area is 573 Å². The van der Waals surface area contributed by atoms with Crippen molar-refractivity contribution >= 4 is 152 Å². The van der Waals surface area contributed by atoms with Crippen molar-refractivity contribution in [2.75, 3.05) is 10.6 Å². The molecule has 0 atom stereocenters. The molecule has 0 unspecified atom stereocenters. The Balaban J connectivity index is 1.14. The highest BCUT2D eigenvalue weighted by Gasteiger charge is 2.34. The van der Waals surface area contributed by atoms with E-state index in [4.69, 9.17) is 0 Å². The summed E-state index contributed by atoms with van der Waals surface area (Å²) >= 11 is 0. The zero-order valence-corrected chi connectivity index (χ0v) is 59.9. The van der Waals surface area contributed by atoms with Gasteiger partial charge in [-0.15, -0.1) is 0 Å². The zero-order chi connectivity index (χ0) is 67.6. The fourth-order valence-corrected chi connectivity index (χ4v) is 20.6. The van der Waals surface area contributed by atoms with Gasteiger partial charge in [-0.2, -0.15) is 0 Å². The van der Waals surface area contributed by atoms with E-state index < -0.39 is 0 Å². The lowest BCUT2D eigenvalue weighted by atomic mass is 9.72. The monoisotopic (exact) mass is 1260 g/mol. The van der Waals surface area contributed by atoms with Gasteiger partial charge in [0.1, 0.15) is 0 Å². The van der Waals surface area contributed by atoms with Crippen LogP contribution in [-0.2, 0) is 0 Å². The van der Waals surface area contributed by atoms with Gasteiger partial charge in [0.05, 0.1) is 0 Å². The molecule has 98 heavy (non-hydrogen) atoms. The summed E-state index contributed by atoms with van der Waals surface area (Å²) in [6.45, 7) is 41.1. The van der Waals surface area contributed by atoms with E-state index in [0.29, 0.717) is 0 Å². The molecule has 0 aliphatic carbocycles. The Morgan fingerprint density at radius 1 is 0.153 bits per heavy atom. The van der Waals surface area contributed by atoms with Crippen LogP contribution in [0.15, 0.2) is 146 Å². The molecule has 19 aromatic rings. The molecule has 474 valence electrons. The second-order valence-electron chi connectivity index (χ2n) is 30.8. The van der Waals surface area contributed by atoms with E-state index >= 15 is 0 Å². The fourth-order valence-electron chi connectivity index (χ4n) is 20.6. The van der Waals surface area contributed by atoms with Crippen molar-refractivity contribution in [2.45, 2.75) is 125 Å². The molecule has 0 amide bonds. The van der Waals surface area contributed by atoms with Crippen molar-refractivity contribution in [3.63, 3.8) is 0 Å². The van der Waals surface area contributed by atoms with Crippen molar-refractivity contribution in [1.29, 1.82) is 0 Å². The van der Waals surface area contributed by atoms with Gasteiger partial charge < -0.3 is 10.6 Å². The maximum Gasteiger partial charge on any atom is 0.0443 e. The first-order chi connectivity index (χ1) is 47.0. The molecule has 0 aliphatic rings. The van der Waals surface area contributed by atoms with Crippen molar-refractivity contribution < 1.29 is 0 Å². The Bertz CT molecular complexity index is 6230. The summed E-state index contributed by atoms with van der Waals surface area (Å²) in [6, 6.07) is 59.6. The Morgan fingerprint density at radius 2 is 0.296 bits per heavy atom. The molecule has 2 nitrogen and oxygen atoms in total. The topological polar surface area (TPSA) is 24.1 Å². The summed E-state index contributed by atoms with van der Waals surface area (Å²) in [5.74, 6) is 0. The molecule has 0 fully saturated rings. The normalized spacial score (nSPS) is 12.6. The number of fused-ring (bicyclic) bond motifs is 6. The van der Waals surface area contributed by atoms with Gasteiger partial charge in [0, 0.05) is 22.7 Å². The predicted molar refractivity (Wildman–Crippen MR) is 430 cm³/mol. The van der Waals surface area contributed by atoms with Gasteiger partial charge in [-0.25, -0.2) is 0 Å². The molecule has 0 saturated carbocycles. The number of nitrogens with one attached hydrogen (secondary N) is 2. The maximum atomic E-state index is 4.19. The molecule has 0 aromatic heterocycles. The van der Waals surface area contributed by atoms with E-state index in [1.807, 2.05) is 0 Å². The van der Waals surface area contributed by atoms with Gasteiger partial charge in [-0.1, -0.05) is 106 Å². The van der Waals surface area contributed by atoms with Crippen molar-refractivity contribution in [3.8, 4) is 44.5 Å². The minimum atomic E-state index is 1.09. The number of hydrogen-bond acceptors (Lipinski definition) is 2. The van der Waals surface area contributed by atoms with Gasteiger partial charge in [-0.05, 0) is 438 Å². The van der Waals surface area contributed by atoms with Crippen LogP contribution >= 0.6 is 0 Å². The number of benzene rings is 19. The summed E-state index contributed by atoms with van der Waals surface area (Å²) in [5.41, 5.74) is 37.9. The predicted octanol–water partition coefficient (Wildman–Crippen LogP) is 27.9. The molecular weight excluding hydrogens is 1180 g/mol. The van der Waals surface area contributed by atoms with Crippen molar-refractivity contribution in [3.05, 3.63) is 246 Å².